The molecule has 0 saturated heterocycles. The minimum atomic E-state index is -0.587. The molecule has 0 bridgehead atoms. The van der Waals surface area contributed by atoms with Gasteiger partial charge >= 0.3 is 5.97 Å². The number of carbonyl (C=O) groups is 1. The summed E-state index contributed by atoms with van der Waals surface area (Å²) in [5.74, 6) is 1.07. The highest BCUT2D eigenvalue weighted by molar-refractivity contribution is 7.97. The van der Waals surface area contributed by atoms with E-state index in [1.54, 1.807) is 30.8 Å². The van der Waals surface area contributed by atoms with E-state index in [0.29, 0.717) is 11.3 Å². The molecule has 3 rings (SSSR count). The molecule has 8 heteroatoms. The van der Waals surface area contributed by atoms with Gasteiger partial charge in [-0.15, -0.1) is 0 Å². The van der Waals surface area contributed by atoms with E-state index < -0.39 is 17.0 Å². The van der Waals surface area contributed by atoms with E-state index in [1.807, 2.05) is 35.1 Å². The second-order valence-electron chi connectivity index (χ2n) is 6.02. The van der Waals surface area contributed by atoms with Gasteiger partial charge in [0.25, 0.3) is 5.69 Å². The van der Waals surface area contributed by atoms with Crippen molar-refractivity contribution in [2.24, 2.45) is 0 Å². The Morgan fingerprint density at radius 1 is 1.30 bits per heavy atom. The summed E-state index contributed by atoms with van der Waals surface area (Å²) in [6.45, 7) is 1.74. The van der Waals surface area contributed by atoms with Crippen LogP contribution in [-0.4, -0.2) is 26.7 Å². The summed E-state index contributed by atoms with van der Waals surface area (Å²) in [7, 11) is 0. The molecular formula is C19H19N3O4S. The van der Waals surface area contributed by atoms with Crippen LogP contribution in [0.5, 0.6) is 0 Å². The summed E-state index contributed by atoms with van der Waals surface area (Å²) in [5.41, 5.74) is 2.26. The molecular weight excluding hydrogens is 366 g/mol. The molecule has 0 N–H and O–H groups in total. The molecule has 0 saturated carbocycles. The number of hydrogen-bond acceptors (Lipinski definition) is 6. The number of thioether (sulfide) groups is 1. The lowest BCUT2D eigenvalue weighted by atomic mass is 10.1. The van der Waals surface area contributed by atoms with E-state index in [1.165, 1.54) is 12.1 Å². The number of benzene rings is 2. The Kier molecular flexibility index (Phi) is 5.75. The van der Waals surface area contributed by atoms with Crippen LogP contribution < -0.4 is 0 Å². The predicted octanol–water partition coefficient (Wildman–Crippen LogP) is 4.11. The van der Waals surface area contributed by atoms with Crippen LogP contribution in [0.4, 0.5) is 5.69 Å². The molecule has 1 atom stereocenters. The number of nitro benzene ring substituents is 1. The van der Waals surface area contributed by atoms with Crippen molar-refractivity contribution in [1.82, 2.24) is 9.55 Å². The minimum absolute atomic E-state index is 0.0294. The Morgan fingerprint density at radius 3 is 2.81 bits per heavy atom. The van der Waals surface area contributed by atoms with Gasteiger partial charge in [-0.3, -0.25) is 14.9 Å². The average molecular weight is 385 g/mol. The SMILES string of the molecule is CSCc1nc2ccccc2n1CC(=O)O[C@@H](C)c1cccc([N+](=O)[O-])c1. The summed E-state index contributed by atoms with van der Waals surface area (Å²) in [6.07, 6.45) is 1.39. The topological polar surface area (TPSA) is 87.3 Å². The van der Waals surface area contributed by atoms with Gasteiger partial charge in [0, 0.05) is 12.1 Å². The molecule has 0 aliphatic rings. The smallest absolute Gasteiger partial charge is 0.326 e. The monoisotopic (exact) mass is 385 g/mol. The first-order valence-electron chi connectivity index (χ1n) is 8.36. The fourth-order valence-corrected chi connectivity index (χ4v) is 3.34. The Bertz CT molecular complexity index is 986. The Hall–Kier alpha value is -2.87. The quantitative estimate of drug-likeness (QED) is 0.345. The molecule has 0 spiro atoms. The lowest BCUT2D eigenvalue weighted by molar-refractivity contribution is -0.385. The molecule has 1 heterocycles. The average Bonchev–Trinajstić information content (AvgIpc) is 2.99. The van der Waals surface area contributed by atoms with Crippen molar-refractivity contribution in [3.63, 3.8) is 0 Å². The molecule has 0 fully saturated rings. The third kappa shape index (κ3) is 4.28. The number of fused-ring (bicyclic) bond motifs is 1. The Labute approximate surface area is 160 Å². The van der Waals surface area contributed by atoms with Gasteiger partial charge < -0.3 is 9.30 Å². The highest BCUT2D eigenvalue weighted by Gasteiger charge is 2.18. The molecule has 0 aliphatic heterocycles. The van der Waals surface area contributed by atoms with Crippen LogP contribution in [0.15, 0.2) is 48.5 Å². The lowest BCUT2D eigenvalue weighted by Gasteiger charge is -2.15. The van der Waals surface area contributed by atoms with Gasteiger partial charge in [-0.25, -0.2) is 4.98 Å². The fourth-order valence-electron chi connectivity index (χ4n) is 2.86. The number of hydrogen-bond donors (Lipinski definition) is 0. The van der Waals surface area contributed by atoms with Crippen LogP contribution in [-0.2, 0) is 21.8 Å². The molecule has 2 aromatic carbocycles. The van der Waals surface area contributed by atoms with Crippen molar-refractivity contribution in [3.8, 4) is 0 Å². The second kappa shape index (κ2) is 8.22. The first kappa shape index (κ1) is 18.9. The summed E-state index contributed by atoms with van der Waals surface area (Å²) in [5, 5.41) is 10.9. The normalized spacial score (nSPS) is 12.1. The highest BCUT2D eigenvalue weighted by atomic mass is 32.2. The summed E-state index contributed by atoms with van der Waals surface area (Å²) < 4.78 is 7.37. The number of para-hydroxylation sites is 2. The summed E-state index contributed by atoms with van der Waals surface area (Å²) in [4.78, 5) is 27.5. The van der Waals surface area contributed by atoms with Crippen molar-refractivity contribution >= 4 is 34.5 Å². The van der Waals surface area contributed by atoms with Crippen LogP contribution in [0, 0.1) is 10.1 Å². The molecule has 3 aromatic rings. The summed E-state index contributed by atoms with van der Waals surface area (Å²) >= 11 is 1.63. The number of nitrogens with zero attached hydrogens (tertiary/aromatic N) is 3. The summed E-state index contributed by atoms with van der Waals surface area (Å²) in [6, 6.07) is 13.8. The maximum atomic E-state index is 12.5. The number of imidazole rings is 1. The number of carbonyl (C=O) groups excluding carboxylic acids is 1. The van der Waals surface area contributed by atoms with Crippen LogP contribution >= 0.6 is 11.8 Å². The van der Waals surface area contributed by atoms with Gasteiger partial charge in [0.2, 0.25) is 0 Å². The van der Waals surface area contributed by atoms with Gasteiger partial charge in [-0.2, -0.15) is 11.8 Å². The Balaban J connectivity index is 1.78. The molecule has 7 nitrogen and oxygen atoms in total. The minimum Gasteiger partial charge on any atom is -0.456 e. The van der Waals surface area contributed by atoms with Crippen LogP contribution in [0.25, 0.3) is 11.0 Å². The lowest BCUT2D eigenvalue weighted by Crippen LogP contribution is -2.17. The van der Waals surface area contributed by atoms with E-state index in [-0.39, 0.29) is 12.2 Å². The van der Waals surface area contributed by atoms with E-state index in [9.17, 15) is 14.9 Å². The zero-order valence-corrected chi connectivity index (χ0v) is 15.8. The number of nitro groups is 1. The number of non-ortho nitro benzene ring substituents is 1. The fraction of sp³-hybridized carbons (Fsp3) is 0.263. The molecule has 0 aliphatic carbocycles. The second-order valence-corrected chi connectivity index (χ2v) is 6.89. The van der Waals surface area contributed by atoms with Crippen molar-refractivity contribution in [1.29, 1.82) is 0 Å². The van der Waals surface area contributed by atoms with Crippen molar-refractivity contribution in [2.45, 2.75) is 25.3 Å². The maximum absolute atomic E-state index is 12.5. The molecule has 0 radical (unpaired) electrons. The van der Waals surface area contributed by atoms with E-state index in [0.717, 1.165) is 16.9 Å². The van der Waals surface area contributed by atoms with Gasteiger partial charge in [-0.1, -0.05) is 24.3 Å². The van der Waals surface area contributed by atoms with Gasteiger partial charge in [0.1, 0.15) is 18.5 Å². The third-order valence-corrected chi connectivity index (χ3v) is 4.70. The van der Waals surface area contributed by atoms with Crippen LogP contribution in [0.1, 0.15) is 24.4 Å². The first-order chi connectivity index (χ1) is 13.0. The molecule has 140 valence electrons. The maximum Gasteiger partial charge on any atom is 0.326 e. The van der Waals surface area contributed by atoms with Gasteiger partial charge in [-0.05, 0) is 30.9 Å². The first-order valence-corrected chi connectivity index (χ1v) is 9.76. The predicted molar refractivity (Wildman–Crippen MR) is 105 cm³/mol. The molecule has 27 heavy (non-hydrogen) atoms. The molecule has 0 unspecified atom stereocenters. The zero-order chi connectivity index (χ0) is 19.4. The van der Waals surface area contributed by atoms with Crippen LogP contribution in [0.3, 0.4) is 0 Å². The van der Waals surface area contributed by atoms with Crippen molar-refractivity contribution in [3.05, 3.63) is 70.0 Å². The van der Waals surface area contributed by atoms with E-state index in [2.05, 4.69) is 4.98 Å². The largest absolute Gasteiger partial charge is 0.456 e. The standard InChI is InChI=1S/C19H19N3O4S/c1-13(14-6-5-7-15(10-14)22(24)25)26-19(23)11-21-17-9-4-3-8-16(17)20-18(21)12-27-2/h3-10,13H,11-12H2,1-2H3/t13-/m0/s1. The third-order valence-electron chi connectivity index (χ3n) is 4.15. The number of rotatable bonds is 7. The molecule has 0 amide bonds. The number of ether oxygens (including phenoxy) is 1. The zero-order valence-electron chi connectivity index (χ0n) is 15.0. The van der Waals surface area contributed by atoms with Crippen molar-refractivity contribution < 1.29 is 14.5 Å². The number of aromatic nitrogens is 2. The van der Waals surface area contributed by atoms with Gasteiger partial charge in [0.05, 0.1) is 21.7 Å². The Morgan fingerprint density at radius 2 is 2.07 bits per heavy atom. The number of esters is 1. The van der Waals surface area contributed by atoms with Gasteiger partial charge in [0.15, 0.2) is 0 Å². The van der Waals surface area contributed by atoms with Crippen molar-refractivity contribution in [2.75, 3.05) is 6.26 Å². The van der Waals surface area contributed by atoms with E-state index >= 15 is 0 Å². The highest BCUT2D eigenvalue weighted by Crippen LogP contribution is 2.23. The molecule has 1 aromatic heterocycles. The van der Waals surface area contributed by atoms with Crippen LogP contribution in [0.2, 0.25) is 0 Å². The van der Waals surface area contributed by atoms with E-state index in [4.69, 9.17) is 4.74 Å².